The van der Waals surface area contributed by atoms with Crippen LogP contribution in [0.5, 0.6) is 0 Å². The van der Waals surface area contributed by atoms with E-state index in [1.807, 2.05) is 12.1 Å². The molecule has 0 fully saturated rings. The van der Waals surface area contributed by atoms with Crippen molar-refractivity contribution in [1.82, 2.24) is 10.3 Å². The number of pyridine rings is 1. The maximum atomic E-state index is 11.5. The fourth-order valence-electron chi connectivity index (χ4n) is 1.20. The summed E-state index contributed by atoms with van der Waals surface area (Å²) in [6, 6.07) is 5.11. The van der Waals surface area contributed by atoms with Crippen molar-refractivity contribution in [2.75, 3.05) is 5.75 Å². The van der Waals surface area contributed by atoms with Gasteiger partial charge in [0.05, 0.1) is 17.2 Å². The fraction of sp³-hybridized carbons (Fsp3) is 0.364. The van der Waals surface area contributed by atoms with Crippen molar-refractivity contribution in [3.05, 3.63) is 24.4 Å². The zero-order chi connectivity index (χ0) is 12.7. The molecule has 0 aromatic carbocycles. The predicted octanol–water partition coefficient (Wildman–Crippen LogP) is 1.15. The van der Waals surface area contributed by atoms with Crippen LogP contribution in [0.2, 0.25) is 0 Å². The number of hydrogen-bond donors (Lipinski definition) is 2. The maximum Gasteiger partial charge on any atom is 0.305 e. The van der Waals surface area contributed by atoms with Crippen LogP contribution in [0.4, 0.5) is 0 Å². The van der Waals surface area contributed by atoms with Crippen LogP contribution in [0, 0.1) is 0 Å². The summed E-state index contributed by atoms with van der Waals surface area (Å²) in [4.78, 5) is 25.9. The minimum absolute atomic E-state index is 0.0695. The molecule has 0 radical (unpaired) electrons. The summed E-state index contributed by atoms with van der Waals surface area (Å²) < 4.78 is 0. The Morgan fingerprint density at radius 3 is 2.88 bits per heavy atom. The smallest absolute Gasteiger partial charge is 0.305 e. The average Bonchev–Trinajstić information content (AvgIpc) is 2.26. The molecule has 5 nitrogen and oxygen atoms in total. The van der Waals surface area contributed by atoms with Crippen molar-refractivity contribution >= 4 is 23.6 Å². The number of thioether (sulfide) groups is 1. The Labute approximate surface area is 104 Å². The summed E-state index contributed by atoms with van der Waals surface area (Å²) in [6.07, 6.45) is 1.59. The topological polar surface area (TPSA) is 79.3 Å². The molecule has 92 valence electrons. The third-order valence-electron chi connectivity index (χ3n) is 1.88. The summed E-state index contributed by atoms with van der Waals surface area (Å²) in [5, 5.41) is 11.9. The number of carbonyl (C=O) groups is 2. The zero-order valence-electron chi connectivity index (χ0n) is 9.42. The molecule has 2 N–H and O–H groups in total. The summed E-state index contributed by atoms with van der Waals surface area (Å²) >= 11 is 1.32. The summed E-state index contributed by atoms with van der Waals surface area (Å²) in [5.74, 6) is -0.870. The van der Waals surface area contributed by atoms with E-state index in [2.05, 4.69) is 10.3 Å². The van der Waals surface area contributed by atoms with Crippen molar-refractivity contribution in [2.45, 2.75) is 24.4 Å². The summed E-state index contributed by atoms with van der Waals surface area (Å²) in [6.45, 7) is 1.66. The molecule has 0 aliphatic carbocycles. The van der Waals surface area contributed by atoms with Gasteiger partial charge in [-0.25, -0.2) is 4.98 Å². The molecule has 0 saturated carbocycles. The predicted molar refractivity (Wildman–Crippen MR) is 64.8 cm³/mol. The quantitative estimate of drug-likeness (QED) is 0.744. The van der Waals surface area contributed by atoms with Gasteiger partial charge in [0.15, 0.2) is 0 Å². The van der Waals surface area contributed by atoms with Gasteiger partial charge in [0.25, 0.3) is 0 Å². The lowest BCUT2D eigenvalue weighted by atomic mass is 10.2. The minimum Gasteiger partial charge on any atom is -0.481 e. The highest BCUT2D eigenvalue weighted by atomic mass is 32.2. The first-order valence-electron chi connectivity index (χ1n) is 5.13. The maximum absolute atomic E-state index is 11.5. The Bertz CT molecular complexity index is 384. The van der Waals surface area contributed by atoms with Gasteiger partial charge in [0.1, 0.15) is 0 Å². The van der Waals surface area contributed by atoms with Gasteiger partial charge in [-0.05, 0) is 19.1 Å². The summed E-state index contributed by atoms with van der Waals surface area (Å²) in [5.41, 5.74) is 0. The van der Waals surface area contributed by atoms with E-state index < -0.39 is 5.97 Å². The SMILES string of the molecule is CC(CC(=O)O)NC(=O)CSc1ccccn1. The van der Waals surface area contributed by atoms with Crippen molar-refractivity contribution in [1.29, 1.82) is 0 Å². The zero-order valence-corrected chi connectivity index (χ0v) is 10.2. The third-order valence-corrected chi connectivity index (χ3v) is 2.82. The number of carbonyl (C=O) groups excluding carboxylic acids is 1. The van der Waals surface area contributed by atoms with Gasteiger partial charge < -0.3 is 10.4 Å². The molecule has 1 aromatic rings. The Morgan fingerprint density at radius 2 is 2.29 bits per heavy atom. The molecule has 0 aliphatic rings. The van der Waals surface area contributed by atoms with Crippen LogP contribution < -0.4 is 5.32 Å². The van der Waals surface area contributed by atoms with Crippen molar-refractivity contribution in [2.24, 2.45) is 0 Å². The normalized spacial score (nSPS) is 11.8. The van der Waals surface area contributed by atoms with Crippen LogP contribution in [0.1, 0.15) is 13.3 Å². The number of aromatic nitrogens is 1. The number of aliphatic carboxylic acids is 1. The van der Waals surface area contributed by atoms with E-state index in [9.17, 15) is 9.59 Å². The number of nitrogens with zero attached hydrogens (tertiary/aromatic N) is 1. The second kappa shape index (κ2) is 6.90. The fourth-order valence-corrected chi connectivity index (χ4v) is 1.87. The highest BCUT2D eigenvalue weighted by molar-refractivity contribution is 7.99. The van der Waals surface area contributed by atoms with Gasteiger partial charge in [-0.3, -0.25) is 9.59 Å². The van der Waals surface area contributed by atoms with Crippen LogP contribution in [-0.2, 0) is 9.59 Å². The molecule has 0 bridgehead atoms. The number of carboxylic acids is 1. The molecule has 6 heteroatoms. The number of carboxylic acid groups (broad SMARTS) is 1. The number of amides is 1. The molecule has 1 aromatic heterocycles. The first-order valence-corrected chi connectivity index (χ1v) is 6.11. The van der Waals surface area contributed by atoms with Gasteiger partial charge in [-0.1, -0.05) is 17.8 Å². The first kappa shape index (κ1) is 13.5. The van der Waals surface area contributed by atoms with Crippen LogP contribution in [-0.4, -0.2) is 33.8 Å². The molecular weight excluding hydrogens is 240 g/mol. The van der Waals surface area contributed by atoms with E-state index in [4.69, 9.17) is 5.11 Å². The van der Waals surface area contributed by atoms with Crippen LogP contribution in [0.15, 0.2) is 29.4 Å². The van der Waals surface area contributed by atoms with E-state index >= 15 is 0 Å². The van der Waals surface area contributed by atoms with E-state index in [-0.39, 0.29) is 24.1 Å². The average molecular weight is 254 g/mol. The molecular formula is C11H14N2O3S. The van der Waals surface area contributed by atoms with Crippen molar-refractivity contribution in [3.63, 3.8) is 0 Å². The van der Waals surface area contributed by atoms with Crippen LogP contribution in [0.25, 0.3) is 0 Å². The van der Waals surface area contributed by atoms with Crippen molar-refractivity contribution in [3.8, 4) is 0 Å². The Morgan fingerprint density at radius 1 is 1.53 bits per heavy atom. The lowest BCUT2D eigenvalue weighted by Crippen LogP contribution is -2.35. The first-order chi connectivity index (χ1) is 8.08. The van der Waals surface area contributed by atoms with Gasteiger partial charge in [0.2, 0.25) is 5.91 Å². The lowest BCUT2D eigenvalue weighted by Gasteiger charge is -2.10. The van der Waals surface area contributed by atoms with Crippen LogP contribution in [0.3, 0.4) is 0 Å². The van der Waals surface area contributed by atoms with Crippen LogP contribution >= 0.6 is 11.8 Å². The number of nitrogens with one attached hydrogen (secondary N) is 1. The Balaban J connectivity index is 2.28. The molecule has 0 aliphatic heterocycles. The third kappa shape index (κ3) is 5.91. The largest absolute Gasteiger partial charge is 0.481 e. The molecule has 1 rings (SSSR count). The van der Waals surface area contributed by atoms with Gasteiger partial charge in [-0.2, -0.15) is 0 Å². The molecule has 17 heavy (non-hydrogen) atoms. The van der Waals surface area contributed by atoms with Crippen molar-refractivity contribution < 1.29 is 14.7 Å². The van der Waals surface area contributed by atoms with E-state index in [1.54, 1.807) is 19.2 Å². The number of rotatable bonds is 6. The highest BCUT2D eigenvalue weighted by Gasteiger charge is 2.11. The number of hydrogen-bond acceptors (Lipinski definition) is 4. The Kier molecular flexibility index (Phi) is 5.48. The molecule has 1 heterocycles. The Hall–Kier alpha value is -1.56. The standard InChI is InChI=1S/C11H14N2O3S/c1-8(6-11(15)16)13-9(14)7-17-10-4-2-3-5-12-10/h2-5,8H,6-7H2,1H3,(H,13,14)(H,15,16). The second-order valence-electron chi connectivity index (χ2n) is 3.52. The molecule has 1 atom stereocenters. The molecule has 1 unspecified atom stereocenters. The lowest BCUT2D eigenvalue weighted by molar-refractivity contribution is -0.137. The van der Waals surface area contributed by atoms with Gasteiger partial charge in [-0.15, -0.1) is 0 Å². The minimum atomic E-state index is -0.921. The molecule has 1 amide bonds. The monoisotopic (exact) mass is 254 g/mol. The highest BCUT2D eigenvalue weighted by Crippen LogP contribution is 2.13. The van der Waals surface area contributed by atoms with Gasteiger partial charge >= 0.3 is 5.97 Å². The van der Waals surface area contributed by atoms with E-state index in [0.717, 1.165) is 5.03 Å². The summed E-state index contributed by atoms with van der Waals surface area (Å²) in [7, 11) is 0. The second-order valence-corrected chi connectivity index (χ2v) is 4.52. The van der Waals surface area contributed by atoms with E-state index in [1.165, 1.54) is 11.8 Å². The van der Waals surface area contributed by atoms with E-state index in [0.29, 0.717) is 0 Å². The molecule has 0 saturated heterocycles. The van der Waals surface area contributed by atoms with Gasteiger partial charge in [0, 0.05) is 12.2 Å². The molecule has 0 spiro atoms.